The Morgan fingerprint density at radius 2 is 2.18 bits per heavy atom. The predicted molar refractivity (Wildman–Crippen MR) is 62.8 cm³/mol. The topological polar surface area (TPSA) is 68.5 Å². The van der Waals surface area contributed by atoms with Crippen molar-refractivity contribution in [2.45, 2.75) is 26.4 Å². The van der Waals surface area contributed by atoms with Crippen molar-refractivity contribution < 1.29 is 9.53 Å². The molecule has 0 aliphatic heterocycles. The van der Waals surface area contributed by atoms with E-state index in [1.54, 1.807) is 22.8 Å². The second kappa shape index (κ2) is 4.04. The van der Waals surface area contributed by atoms with E-state index in [-0.39, 0.29) is 0 Å². The quantitative estimate of drug-likeness (QED) is 0.820. The molecular weight excluding hydrogens is 220 g/mol. The lowest BCUT2D eigenvalue weighted by atomic mass is 10.2. The number of amides is 1. The number of carbonyl (C=O) groups is 1. The summed E-state index contributed by atoms with van der Waals surface area (Å²) in [5.41, 5.74) is 0.818. The van der Waals surface area contributed by atoms with Crippen molar-refractivity contribution in [3.63, 3.8) is 0 Å². The minimum Gasteiger partial charge on any atom is -0.444 e. The van der Waals surface area contributed by atoms with E-state index < -0.39 is 11.7 Å². The minimum absolute atomic E-state index is 0.489. The maximum atomic E-state index is 11.5. The van der Waals surface area contributed by atoms with Crippen LogP contribution < -0.4 is 5.32 Å². The van der Waals surface area contributed by atoms with Gasteiger partial charge in [-0.2, -0.15) is 5.10 Å². The molecule has 2 rings (SSSR count). The van der Waals surface area contributed by atoms with Gasteiger partial charge in [-0.1, -0.05) is 0 Å². The summed E-state index contributed by atoms with van der Waals surface area (Å²) in [6.07, 6.45) is 2.63. The zero-order valence-electron chi connectivity index (χ0n) is 9.97. The SMILES string of the molecule is CC(C)(C)OC(=O)Nc1ccc2ncnn2c1. The average Bonchev–Trinajstić information content (AvgIpc) is 2.61. The van der Waals surface area contributed by atoms with Crippen LogP contribution in [0, 0.1) is 0 Å². The van der Waals surface area contributed by atoms with Gasteiger partial charge in [0.15, 0.2) is 5.65 Å². The van der Waals surface area contributed by atoms with Gasteiger partial charge in [-0.05, 0) is 32.9 Å². The summed E-state index contributed by atoms with van der Waals surface area (Å²) in [5.74, 6) is 0. The zero-order chi connectivity index (χ0) is 12.5. The Morgan fingerprint density at radius 1 is 1.41 bits per heavy atom. The van der Waals surface area contributed by atoms with Crippen molar-refractivity contribution in [3.8, 4) is 0 Å². The normalized spacial score (nSPS) is 11.5. The molecule has 0 fully saturated rings. The smallest absolute Gasteiger partial charge is 0.412 e. The number of pyridine rings is 1. The number of nitrogens with one attached hydrogen (secondary N) is 1. The number of aromatic nitrogens is 3. The third-order valence-electron chi connectivity index (χ3n) is 1.92. The maximum absolute atomic E-state index is 11.5. The molecule has 1 amide bonds. The number of ether oxygens (including phenoxy) is 1. The van der Waals surface area contributed by atoms with Gasteiger partial charge >= 0.3 is 6.09 Å². The Morgan fingerprint density at radius 3 is 2.88 bits per heavy atom. The number of carbonyl (C=O) groups excluding carboxylic acids is 1. The Kier molecular flexibility index (Phi) is 2.71. The lowest BCUT2D eigenvalue weighted by Gasteiger charge is -2.19. The van der Waals surface area contributed by atoms with Gasteiger partial charge in [0.2, 0.25) is 0 Å². The van der Waals surface area contributed by atoms with Crippen LogP contribution in [0.1, 0.15) is 20.8 Å². The van der Waals surface area contributed by atoms with Gasteiger partial charge in [-0.3, -0.25) is 5.32 Å². The second-order valence-corrected chi connectivity index (χ2v) is 4.61. The molecule has 0 aliphatic rings. The molecule has 90 valence electrons. The highest BCUT2D eigenvalue weighted by atomic mass is 16.6. The third-order valence-corrected chi connectivity index (χ3v) is 1.92. The molecule has 0 bridgehead atoms. The van der Waals surface area contributed by atoms with Crippen molar-refractivity contribution in [2.75, 3.05) is 5.32 Å². The molecular formula is C11H14N4O2. The number of anilines is 1. The van der Waals surface area contributed by atoms with Crippen LogP contribution in [-0.2, 0) is 4.74 Å². The van der Waals surface area contributed by atoms with E-state index in [1.165, 1.54) is 6.33 Å². The Labute approximate surface area is 98.6 Å². The van der Waals surface area contributed by atoms with Gasteiger partial charge in [-0.15, -0.1) is 0 Å². The van der Waals surface area contributed by atoms with Crippen LogP contribution in [0.4, 0.5) is 10.5 Å². The third kappa shape index (κ3) is 2.93. The summed E-state index contributed by atoms with van der Waals surface area (Å²) >= 11 is 0. The number of hydrogen-bond acceptors (Lipinski definition) is 4. The largest absolute Gasteiger partial charge is 0.444 e. The van der Waals surface area contributed by atoms with E-state index in [9.17, 15) is 4.79 Å². The monoisotopic (exact) mass is 234 g/mol. The first-order valence-electron chi connectivity index (χ1n) is 5.23. The Hall–Kier alpha value is -2.11. The molecule has 0 aromatic carbocycles. The van der Waals surface area contributed by atoms with Crippen LogP contribution in [0.5, 0.6) is 0 Å². The number of fused-ring (bicyclic) bond motifs is 1. The lowest BCUT2D eigenvalue weighted by Crippen LogP contribution is -2.27. The summed E-state index contributed by atoms with van der Waals surface area (Å²) in [4.78, 5) is 15.5. The van der Waals surface area contributed by atoms with Gasteiger partial charge in [0.1, 0.15) is 11.9 Å². The standard InChI is InChI=1S/C11H14N4O2/c1-11(2,3)17-10(16)14-8-4-5-9-12-7-13-15(9)6-8/h4-7H,1-3H3,(H,14,16). The lowest BCUT2D eigenvalue weighted by molar-refractivity contribution is 0.0636. The molecule has 0 spiro atoms. The molecule has 2 aromatic rings. The van der Waals surface area contributed by atoms with E-state index in [4.69, 9.17) is 4.74 Å². The predicted octanol–water partition coefficient (Wildman–Crippen LogP) is 2.08. The van der Waals surface area contributed by atoms with Crippen LogP contribution in [0.3, 0.4) is 0 Å². The van der Waals surface area contributed by atoms with E-state index >= 15 is 0 Å². The van der Waals surface area contributed by atoms with Crippen molar-refractivity contribution in [2.24, 2.45) is 0 Å². The van der Waals surface area contributed by atoms with Crippen molar-refractivity contribution in [1.29, 1.82) is 0 Å². The van der Waals surface area contributed by atoms with E-state index in [0.717, 1.165) is 5.65 Å². The molecule has 1 N–H and O–H groups in total. The van der Waals surface area contributed by atoms with Crippen LogP contribution in [0.2, 0.25) is 0 Å². The first-order chi connectivity index (χ1) is 7.94. The summed E-state index contributed by atoms with van der Waals surface area (Å²) < 4.78 is 6.72. The van der Waals surface area contributed by atoms with E-state index in [0.29, 0.717) is 5.69 Å². The summed E-state index contributed by atoms with van der Waals surface area (Å²) in [6.45, 7) is 5.44. The maximum Gasteiger partial charge on any atom is 0.412 e. The van der Waals surface area contributed by atoms with E-state index in [1.807, 2.05) is 20.8 Å². The molecule has 6 nitrogen and oxygen atoms in total. The molecule has 6 heteroatoms. The van der Waals surface area contributed by atoms with Crippen LogP contribution >= 0.6 is 0 Å². The fourth-order valence-corrected chi connectivity index (χ4v) is 1.31. The van der Waals surface area contributed by atoms with Gasteiger partial charge in [-0.25, -0.2) is 14.3 Å². The zero-order valence-corrected chi connectivity index (χ0v) is 9.97. The van der Waals surface area contributed by atoms with Crippen molar-refractivity contribution >= 4 is 17.4 Å². The Balaban J connectivity index is 2.10. The van der Waals surface area contributed by atoms with Crippen molar-refractivity contribution in [3.05, 3.63) is 24.7 Å². The number of rotatable bonds is 1. The van der Waals surface area contributed by atoms with E-state index in [2.05, 4.69) is 15.4 Å². The highest BCUT2D eigenvalue weighted by Gasteiger charge is 2.16. The fraction of sp³-hybridized carbons (Fsp3) is 0.364. The molecule has 0 aliphatic carbocycles. The molecule has 0 atom stereocenters. The van der Waals surface area contributed by atoms with Crippen molar-refractivity contribution in [1.82, 2.24) is 14.6 Å². The highest BCUT2D eigenvalue weighted by molar-refractivity contribution is 5.84. The van der Waals surface area contributed by atoms with Crippen LogP contribution in [-0.4, -0.2) is 26.3 Å². The number of hydrogen-bond donors (Lipinski definition) is 1. The highest BCUT2D eigenvalue weighted by Crippen LogP contribution is 2.12. The van der Waals surface area contributed by atoms with Gasteiger partial charge in [0.05, 0.1) is 11.9 Å². The molecule has 2 aromatic heterocycles. The van der Waals surface area contributed by atoms with Crippen LogP contribution in [0.25, 0.3) is 5.65 Å². The summed E-state index contributed by atoms with van der Waals surface area (Å²) in [6, 6.07) is 3.51. The molecule has 17 heavy (non-hydrogen) atoms. The first kappa shape index (κ1) is 11.4. The Bertz CT molecular complexity index is 542. The average molecular weight is 234 g/mol. The van der Waals surface area contributed by atoms with Gasteiger partial charge in [0.25, 0.3) is 0 Å². The summed E-state index contributed by atoms with van der Waals surface area (Å²) in [7, 11) is 0. The van der Waals surface area contributed by atoms with Gasteiger partial charge < -0.3 is 4.74 Å². The van der Waals surface area contributed by atoms with Gasteiger partial charge in [0, 0.05) is 0 Å². The molecule has 0 saturated carbocycles. The number of nitrogens with zero attached hydrogens (tertiary/aromatic N) is 3. The molecule has 0 radical (unpaired) electrons. The summed E-state index contributed by atoms with van der Waals surface area (Å²) in [5, 5.41) is 6.61. The molecule has 2 heterocycles. The minimum atomic E-state index is -0.512. The van der Waals surface area contributed by atoms with Crippen LogP contribution in [0.15, 0.2) is 24.7 Å². The molecule has 0 unspecified atom stereocenters. The fourth-order valence-electron chi connectivity index (χ4n) is 1.31. The molecule has 0 saturated heterocycles. The first-order valence-corrected chi connectivity index (χ1v) is 5.23. The second-order valence-electron chi connectivity index (χ2n) is 4.61.